The summed E-state index contributed by atoms with van der Waals surface area (Å²) in [6, 6.07) is 9.24. The lowest BCUT2D eigenvalue weighted by Crippen LogP contribution is -2.54. The summed E-state index contributed by atoms with van der Waals surface area (Å²) >= 11 is 1.51. The molecule has 0 spiro atoms. The maximum atomic E-state index is 12.5. The number of rotatable bonds is 4. The molecule has 6 nitrogen and oxygen atoms in total. The first-order valence-electron chi connectivity index (χ1n) is 7.18. The van der Waals surface area contributed by atoms with E-state index in [-0.39, 0.29) is 5.76 Å². The SMILES string of the molecule is Cc1nc(-c2ccccc2)oc1C(=O)NC1(C(=O)O)CCSC1. The van der Waals surface area contributed by atoms with Crippen molar-refractivity contribution < 1.29 is 19.1 Å². The number of amides is 1. The number of benzene rings is 1. The molecule has 3 rings (SSSR count). The Labute approximate surface area is 137 Å². The lowest BCUT2D eigenvalue weighted by molar-refractivity contribution is -0.143. The number of carboxylic acids is 1. The molecule has 0 aliphatic carbocycles. The number of aryl methyl sites for hydroxylation is 1. The number of carboxylic acid groups (broad SMARTS) is 1. The van der Waals surface area contributed by atoms with Gasteiger partial charge in [0.25, 0.3) is 5.91 Å². The molecule has 1 atom stereocenters. The molecular formula is C16H16N2O4S. The number of oxazole rings is 1. The fraction of sp³-hybridized carbons (Fsp3) is 0.312. The molecule has 1 aliphatic rings. The van der Waals surface area contributed by atoms with Crippen LogP contribution in [0.4, 0.5) is 0 Å². The van der Waals surface area contributed by atoms with Crippen molar-refractivity contribution in [1.29, 1.82) is 0 Å². The van der Waals surface area contributed by atoms with Crippen molar-refractivity contribution in [2.45, 2.75) is 18.9 Å². The third-order valence-electron chi connectivity index (χ3n) is 3.81. The van der Waals surface area contributed by atoms with Crippen LogP contribution < -0.4 is 5.32 Å². The molecule has 1 fully saturated rings. The van der Waals surface area contributed by atoms with Gasteiger partial charge in [-0.15, -0.1) is 0 Å². The van der Waals surface area contributed by atoms with E-state index >= 15 is 0 Å². The van der Waals surface area contributed by atoms with Crippen LogP contribution in [0.2, 0.25) is 0 Å². The van der Waals surface area contributed by atoms with Gasteiger partial charge in [-0.05, 0) is 31.2 Å². The Morgan fingerprint density at radius 3 is 2.70 bits per heavy atom. The zero-order valence-electron chi connectivity index (χ0n) is 12.5. The van der Waals surface area contributed by atoms with Crippen LogP contribution in [-0.2, 0) is 4.79 Å². The highest BCUT2D eigenvalue weighted by Crippen LogP contribution is 2.29. The second-order valence-corrected chi connectivity index (χ2v) is 6.55. The van der Waals surface area contributed by atoms with Gasteiger partial charge in [0.05, 0.1) is 5.69 Å². The minimum absolute atomic E-state index is 0.0568. The van der Waals surface area contributed by atoms with E-state index in [2.05, 4.69) is 10.3 Å². The lowest BCUT2D eigenvalue weighted by atomic mass is 9.99. The molecule has 1 aliphatic heterocycles. The maximum absolute atomic E-state index is 12.5. The Kier molecular flexibility index (Phi) is 4.12. The summed E-state index contributed by atoms with van der Waals surface area (Å²) in [5, 5.41) is 12.1. The van der Waals surface area contributed by atoms with Crippen molar-refractivity contribution >= 4 is 23.6 Å². The average molecular weight is 332 g/mol. The van der Waals surface area contributed by atoms with Gasteiger partial charge in [0.15, 0.2) is 0 Å². The zero-order valence-corrected chi connectivity index (χ0v) is 13.4. The summed E-state index contributed by atoms with van der Waals surface area (Å²) in [6.07, 6.45) is 0.400. The van der Waals surface area contributed by atoms with Gasteiger partial charge in [-0.25, -0.2) is 9.78 Å². The summed E-state index contributed by atoms with van der Waals surface area (Å²) in [5.41, 5.74) is -0.0278. The van der Waals surface area contributed by atoms with Gasteiger partial charge in [0, 0.05) is 11.3 Å². The summed E-state index contributed by atoms with van der Waals surface area (Å²) in [6.45, 7) is 1.67. The van der Waals surface area contributed by atoms with E-state index < -0.39 is 17.4 Å². The standard InChI is InChI=1S/C16H16N2O4S/c1-10-12(22-14(17-10)11-5-3-2-4-6-11)13(19)18-16(15(20)21)7-8-23-9-16/h2-6H,7-9H2,1H3,(H,18,19)(H,20,21). The first-order chi connectivity index (χ1) is 11.0. The number of aliphatic carboxylic acids is 1. The van der Waals surface area contributed by atoms with Gasteiger partial charge in [-0.3, -0.25) is 4.79 Å². The molecule has 1 aromatic carbocycles. The molecule has 23 heavy (non-hydrogen) atoms. The molecule has 0 saturated carbocycles. The molecule has 1 aromatic heterocycles. The van der Waals surface area contributed by atoms with E-state index in [1.165, 1.54) is 11.8 Å². The van der Waals surface area contributed by atoms with Crippen molar-refractivity contribution in [3.05, 3.63) is 41.8 Å². The van der Waals surface area contributed by atoms with Gasteiger partial charge < -0.3 is 14.8 Å². The predicted molar refractivity (Wildman–Crippen MR) is 86.5 cm³/mol. The highest BCUT2D eigenvalue weighted by molar-refractivity contribution is 7.99. The molecule has 2 aromatic rings. The normalized spacial score (nSPS) is 20.4. The van der Waals surface area contributed by atoms with Crippen LogP contribution in [0.1, 0.15) is 22.7 Å². The molecule has 2 N–H and O–H groups in total. The Morgan fingerprint density at radius 1 is 1.35 bits per heavy atom. The Balaban J connectivity index is 1.86. The lowest BCUT2D eigenvalue weighted by Gasteiger charge is -2.23. The van der Waals surface area contributed by atoms with Crippen molar-refractivity contribution in [2.24, 2.45) is 0 Å². The quantitative estimate of drug-likeness (QED) is 0.893. The predicted octanol–water partition coefficient (Wildman–Crippen LogP) is 2.34. The average Bonchev–Trinajstić information content (AvgIpc) is 3.16. The summed E-state index contributed by atoms with van der Waals surface area (Å²) in [4.78, 5) is 28.2. The largest absolute Gasteiger partial charge is 0.479 e. The number of hydrogen-bond donors (Lipinski definition) is 2. The number of nitrogens with zero attached hydrogens (tertiary/aromatic N) is 1. The van der Waals surface area contributed by atoms with E-state index in [0.717, 1.165) is 5.56 Å². The van der Waals surface area contributed by atoms with Gasteiger partial charge in [-0.2, -0.15) is 11.8 Å². The molecular weight excluding hydrogens is 316 g/mol. The van der Waals surface area contributed by atoms with Crippen LogP contribution in [0.15, 0.2) is 34.7 Å². The van der Waals surface area contributed by atoms with Crippen molar-refractivity contribution in [3.8, 4) is 11.5 Å². The molecule has 7 heteroatoms. The van der Waals surface area contributed by atoms with Gasteiger partial charge in [0.1, 0.15) is 5.54 Å². The highest BCUT2D eigenvalue weighted by atomic mass is 32.2. The summed E-state index contributed by atoms with van der Waals surface area (Å²) in [7, 11) is 0. The Hall–Kier alpha value is -2.28. The van der Waals surface area contributed by atoms with E-state index in [1.807, 2.05) is 30.3 Å². The monoisotopic (exact) mass is 332 g/mol. The molecule has 1 saturated heterocycles. The second kappa shape index (κ2) is 6.08. The van der Waals surface area contributed by atoms with Crippen LogP contribution in [-0.4, -0.2) is 39.0 Å². The fourth-order valence-corrected chi connectivity index (χ4v) is 3.80. The minimum Gasteiger partial charge on any atom is -0.479 e. The van der Waals surface area contributed by atoms with E-state index in [0.29, 0.717) is 29.5 Å². The number of nitrogens with one attached hydrogen (secondary N) is 1. The number of hydrogen-bond acceptors (Lipinski definition) is 5. The number of thioether (sulfide) groups is 1. The molecule has 1 amide bonds. The summed E-state index contributed by atoms with van der Waals surface area (Å²) in [5.74, 6) is -0.0949. The van der Waals surface area contributed by atoms with Crippen molar-refractivity contribution in [3.63, 3.8) is 0 Å². The minimum atomic E-state index is -1.23. The number of aromatic nitrogens is 1. The molecule has 120 valence electrons. The first-order valence-corrected chi connectivity index (χ1v) is 8.34. The van der Waals surface area contributed by atoms with E-state index in [9.17, 15) is 14.7 Å². The smallest absolute Gasteiger partial charge is 0.330 e. The fourth-order valence-electron chi connectivity index (χ4n) is 2.47. The maximum Gasteiger partial charge on any atom is 0.330 e. The van der Waals surface area contributed by atoms with Crippen molar-refractivity contribution in [2.75, 3.05) is 11.5 Å². The highest BCUT2D eigenvalue weighted by Gasteiger charge is 2.44. The van der Waals surface area contributed by atoms with Gasteiger partial charge in [0.2, 0.25) is 11.7 Å². The molecule has 0 radical (unpaired) electrons. The van der Waals surface area contributed by atoms with Crippen LogP contribution >= 0.6 is 11.8 Å². The van der Waals surface area contributed by atoms with E-state index in [4.69, 9.17) is 4.42 Å². The van der Waals surface area contributed by atoms with Crippen LogP contribution in [0.3, 0.4) is 0 Å². The molecule has 1 unspecified atom stereocenters. The number of carbonyl (C=O) groups is 2. The first kappa shape index (κ1) is 15.6. The number of carbonyl (C=O) groups excluding carboxylic acids is 1. The Bertz CT molecular complexity index is 736. The van der Waals surface area contributed by atoms with E-state index in [1.54, 1.807) is 6.92 Å². The third kappa shape index (κ3) is 2.96. The molecule has 0 bridgehead atoms. The topological polar surface area (TPSA) is 92.4 Å². The molecule has 2 heterocycles. The second-order valence-electron chi connectivity index (χ2n) is 5.44. The van der Waals surface area contributed by atoms with Crippen LogP contribution in [0.5, 0.6) is 0 Å². The van der Waals surface area contributed by atoms with Gasteiger partial charge in [-0.1, -0.05) is 18.2 Å². The van der Waals surface area contributed by atoms with Gasteiger partial charge >= 0.3 is 5.97 Å². The van der Waals surface area contributed by atoms with Crippen LogP contribution in [0, 0.1) is 6.92 Å². The summed E-state index contributed by atoms with van der Waals surface area (Å²) < 4.78 is 5.57. The third-order valence-corrected chi connectivity index (χ3v) is 5.00. The zero-order chi connectivity index (χ0) is 16.4. The Morgan fingerprint density at radius 2 is 2.09 bits per heavy atom. The van der Waals surface area contributed by atoms with Crippen LogP contribution in [0.25, 0.3) is 11.5 Å². The van der Waals surface area contributed by atoms with Crippen molar-refractivity contribution in [1.82, 2.24) is 10.3 Å².